The Hall–Kier alpha value is -2.70. The molecule has 0 saturated heterocycles. The van der Waals surface area contributed by atoms with Gasteiger partial charge in [-0.15, -0.1) is 0 Å². The van der Waals surface area contributed by atoms with Crippen LogP contribution in [0.4, 0.5) is 10.3 Å². The first-order valence-corrected chi connectivity index (χ1v) is 6.00. The maximum Gasteiger partial charge on any atom is 0.248 e. The maximum absolute atomic E-state index is 13.5. The smallest absolute Gasteiger partial charge is 0.248 e. The van der Waals surface area contributed by atoms with Crippen molar-refractivity contribution in [3.05, 3.63) is 53.2 Å². The van der Waals surface area contributed by atoms with E-state index in [1.807, 2.05) is 0 Å². The van der Waals surface area contributed by atoms with Gasteiger partial charge in [0.1, 0.15) is 18.2 Å². The molecule has 6 nitrogen and oxygen atoms in total. The highest BCUT2D eigenvalue weighted by Gasteiger charge is 2.32. The van der Waals surface area contributed by atoms with Crippen LogP contribution in [-0.2, 0) is 4.79 Å². The van der Waals surface area contributed by atoms with E-state index in [4.69, 9.17) is 5.73 Å². The van der Waals surface area contributed by atoms with Crippen molar-refractivity contribution in [2.24, 2.45) is 5.73 Å². The lowest BCUT2D eigenvalue weighted by molar-refractivity contribution is -0.115. The van der Waals surface area contributed by atoms with Gasteiger partial charge in [0.15, 0.2) is 0 Å². The number of hydrogen-bond acceptors (Lipinski definition) is 4. The Morgan fingerprint density at radius 3 is 3.00 bits per heavy atom. The molecule has 7 heteroatoms. The predicted octanol–water partition coefficient (Wildman–Crippen LogP) is 1.19. The van der Waals surface area contributed by atoms with E-state index in [9.17, 15) is 9.18 Å². The molecule has 1 aliphatic rings. The molecule has 0 aliphatic carbocycles. The second-order valence-corrected chi connectivity index (χ2v) is 4.51. The Kier molecular flexibility index (Phi) is 2.74. The van der Waals surface area contributed by atoms with Gasteiger partial charge in [-0.05, 0) is 24.6 Å². The zero-order valence-corrected chi connectivity index (χ0v) is 10.7. The van der Waals surface area contributed by atoms with Crippen LogP contribution in [0.15, 0.2) is 41.9 Å². The summed E-state index contributed by atoms with van der Waals surface area (Å²) in [7, 11) is 0. The minimum Gasteiger partial charge on any atom is -0.366 e. The molecule has 0 radical (unpaired) electrons. The van der Waals surface area contributed by atoms with E-state index in [0.717, 1.165) is 0 Å². The number of amides is 1. The normalized spacial score (nSPS) is 17.6. The first kappa shape index (κ1) is 12.3. The SMILES string of the molecule is CC1=C(C(N)=O)[C@H](c2cccc(F)c2)n2ncnc2N1. The fourth-order valence-corrected chi connectivity index (χ4v) is 2.39. The highest BCUT2D eigenvalue weighted by Crippen LogP contribution is 2.34. The van der Waals surface area contributed by atoms with E-state index in [0.29, 0.717) is 22.8 Å². The molecule has 3 N–H and O–H groups in total. The summed E-state index contributed by atoms with van der Waals surface area (Å²) < 4.78 is 15.0. The molecule has 20 heavy (non-hydrogen) atoms. The van der Waals surface area contributed by atoms with E-state index in [2.05, 4.69) is 15.4 Å². The van der Waals surface area contributed by atoms with E-state index in [1.54, 1.807) is 19.1 Å². The number of nitrogens with one attached hydrogen (secondary N) is 1. The van der Waals surface area contributed by atoms with Crippen LogP contribution in [0.5, 0.6) is 0 Å². The molecule has 0 spiro atoms. The minimum atomic E-state index is -0.582. The summed E-state index contributed by atoms with van der Waals surface area (Å²) in [5, 5.41) is 7.05. The van der Waals surface area contributed by atoms with Crippen molar-refractivity contribution in [1.82, 2.24) is 14.8 Å². The molecule has 2 aromatic rings. The number of benzene rings is 1. The first-order chi connectivity index (χ1) is 9.58. The van der Waals surface area contributed by atoms with Crippen LogP contribution >= 0.6 is 0 Å². The quantitative estimate of drug-likeness (QED) is 0.860. The summed E-state index contributed by atoms with van der Waals surface area (Å²) in [6.07, 6.45) is 1.37. The van der Waals surface area contributed by atoms with E-state index in [1.165, 1.54) is 23.1 Å². The number of anilines is 1. The molecular formula is C13H12FN5O. The largest absolute Gasteiger partial charge is 0.366 e. The number of nitrogens with two attached hydrogens (primary N) is 1. The molecule has 1 aliphatic heterocycles. The molecule has 0 fully saturated rings. The number of hydrogen-bond donors (Lipinski definition) is 2. The average Bonchev–Trinajstić information content (AvgIpc) is 2.84. The van der Waals surface area contributed by atoms with Crippen LogP contribution in [-0.4, -0.2) is 20.7 Å². The van der Waals surface area contributed by atoms with Gasteiger partial charge in [0.2, 0.25) is 11.9 Å². The molecule has 1 atom stereocenters. The number of halogens is 1. The number of primary amides is 1. The Morgan fingerprint density at radius 2 is 2.30 bits per heavy atom. The highest BCUT2D eigenvalue weighted by atomic mass is 19.1. The van der Waals surface area contributed by atoms with Crippen LogP contribution in [0.25, 0.3) is 0 Å². The van der Waals surface area contributed by atoms with Crippen LogP contribution in [0.2, 0.25) is 0 Å². The maximum atomic E-state index is 13.5. The number of allylic oxidation sites excluding steroid dienone is 1. The van der Waals surface area contributed by atoms with Gasteiger partial charge in [0.05, 0.1) is 5.57 Å². The van der Waals surface area contributed by atoms with Crippen LogP contribution < -0.4 is 11.1 Å². The number of carbonyl (C=O) groups is 1. The van der Waals surface area contributed by atoms with Gasteiger partial charge in [-0.1, -0.05) is 12.1 Å². The summed E-state index contributed by atoms with van der Waals surface area (Å²) in [6.45, 7) is 1.73. The first-order valence-electron chi connectivity index (χ1n) is 6.00. The zero-order chi connectivity index (χ0) is 14.3. The summed E-state index contributed by atoms with van der Waals surface area (Å²) in [6, 6.07) is 5.42. The highest BCUT2D eigenvalue weighted by molar-refractivity contribution is 5.95. The van der Waals surface area contributed by atoms with Crippen LogP contribution in [0, 0.1) is 5.82 Å². The predicted molar refractivity (Wildman–Crippen MR) is 70.1 cm³/mol. The Labute approximate surface area is 114 Å². The van der Waals surface area contributed by atoms with Crippen molar-refractivity contribution in [3.8, 4) is 0 Å². The van der Waals surface area contributed by atoms with Gasteiger partial charge in [-0.25, -0.2) is 9.07 Å². The Balaban J connectivity index is 2.22. The van der Waals surface area contributed by atoms with Gasteiger partial charge in [-0.2, -0.15) is 10.1 Å². The third kappa shape index (κ3) is 1.83. The molecule has 2 heterocycles. The van der Waals surface area contributed by atoms with E-state index >= 15 is 0 Å². The van der Waals surface area contributed by atoms with Crippen molar-refractivity contribution < 1.29 is 9.18 Å². The van der Waals surface area contributed by atoms with Crippen LogP contribution in [0.1, 0.15) is 18.5 Å². The number of carbonyl (C=O) groups excluding carboxylic acids is 1. The lowest BCUT2D eigenvalue weighted by Crippen LogP contribution is -2.31. The number of nitrogens with zero attached hydrogens (tertiary/aromatic N) is 3. The molecule has 0 saturated carbocycles. The second-order valence-electron chi connectivity index (χ2n) is 4.51. The van der Waals surface area contributed by atoms with E-state index < -0.39 is 11.9 Å². The summed E-state index contributed by atoms with van der Waals surface area (Å²) >= 11 is 0. The summed E-state index contributed by atoms with van der Waals surface area (Å²) in [5.41, 5.74) is 6.98. The average molecular weight is 273 g/mol. The van der Waals surface area contributed by atoms with Gasteiger partial charge < -0.3 is 11.1 Å². The lowest BCUT2D eigenvalue weighted by Gasteiger charge is -2.27. The van der Waals surface area contributed by atoms with Crippen molar-refractivity contribution in [2.45, 2.75) is 13.0 Å². The molecule has 1 aromatic carbocycles. The fourth-order valence-electron chi connectivity index (χ4n) is 2.39. The minimum absolute atomic E-state index is 0.341. The monoisotopic (exact) mass is 273 g/mol. The molecular weight excluding hydrogens is 261 g/mol. The third-order valence-corrected chi connectivity index (χ3v) is 3.22. The number of rotatable bonds is 2. The molecule has 0 bridgehead atoms. The van der Waals surface area contributed by atoms with Gasteiger partial charge in [-0.3, -0.25) is 4.79 Å². The van der Waals surface area contributed by atoms with Crippen LogP contribution in [0.3, 0.4) is 0 Å². The number of aromatic nitrogens is 3. The summed E-state index contributed by atoms with van der Waals surface area (Å²) in [5.74, 6) is -0.476. The molecule has 0 unspecified atom stereocenters. The van der Waals surface area contributed by atoms with E-state index in [-0.39, 0.29) is 5.82 Å². The summed E-state index contributed by atoms with van der Waals surface area (Å²) in [4.78, 5) is 15.8. The Morgan fingerprint density at radius 1 is 1.50 bits per heavy atom. The van der Waals surface area contributed by atoms with Crippen molar-refractivity contribution in [2.75, 3.05) is 5.32 Å². The zero-order valence-electron chi connectivity index (χ0n) is 10.7. The van der Waals surface area contributed by atoms with Crippen molar-refractivity contribution >= 4 is 11.9 Å². The molecule has 1 aromatic heterocycles. The number of fused-ring (bicyclic) bond motifs is 1. The molecule has 3 rings (SSSR count). The molecule has 1 amide bonds. The Bertz CT molecular complexity index is 721. The van der Waals surface area contributed by atoms with Crippen molar-refractivity contribution in [3.63, 3.8) is 0 Å². The van der Waals surface area contributed by atoms with Crippen molar-refractivity contribution in [1.29, 1.82) is 0 Å². The molecule has 102 valence electrons. The topological polar surface area (TPSA) is 85.8 Å². The fraction of sp³-hybridized carbons (Fsp3) is 0.154. The lowest BCUT2D eigenvalue weighted by atomic mass is 9.95. The van der Waals surface area contributed by atoms with Gasteiger partial charge in [0, 0.05) is 5.70 Å². The van der Waals surface area contributed by atoms with Gasteiger partial charge in [0.25, 0.3) is 0 Å². The third-order valence-electron chi connectivity index (χ3n) is 3.22. The van der Waals surface area contributed by atoms with Gasteiger partial charge >= 0.3 is 0 Å². The second kappa shape index (κ2) is 4.44. The standard InChI is InChI=1S/C13H12FN5O/c1-7-10(12(15)20)11(8-3-2-4-9(14)5-8)19-13(18-7)16-6-17-19/h2-6,11H,1H3,(H2,15,20)(H,16,17,18)/t11-/m0/s1.